The molecule has 1 saturated heterocycles. The van der Waals surface area contributed by atoms with Gasteiger partial charge in [-0.2, -0.15) is 0 Å². The van der Waals surface area contributed by atoms with E-state index in [0.29, 0.717) is 22.7 Å². The van der Waals surface area contributed by atoms with Gasteiger partial charge in [0.1, 0.15) is 5.57 Å². The van der Waals surface area contributed by atoms with Gasteiger partial charge in [-0.25, -0.2) is 5.01 Å². The van der Waals surface area contributed by atoms with E-state index in [0.717, 1.165) is 4.47 Å². The number of benzene rings is 2. The molecule has 2 aliphatic heterocycles. The van der Waals surface area contributed by atoms with Crippen molar-refractivity contribution >= 4 is 39.5 Å². The number of rotatable bonds is 2. The largest absolute Gasteiger partial charge is 0.454 e. The second kappa shape index (κ2) is 5.68. The highest BCUT2D eigenvalue weighted by Gasteiger charge is 2.34. The lowest BCUT2D eigenvalue weighted by atomic mass is 10.1. The first-order valence-corrected chi connectivity index (χ1v) is 7.93. The Morgan fingerprint density at radius 3 is 2.58 bits per heavy atom. The van der Waals surface area contributed by atoms with E-state index >= 15 is 0 Å². The standard InChI is InChI=1S/C17H11BrN2O4/c18-11-2-4-12(5-3-11)20-17(22)13(16(21)19-20)7-10-1-6-14-15(8-10)24-9-23-14/h1-8H,9H2,(H,19,21)/b13-7-. The van der Waals surface area contributed by atoms with Crippen LogP contribution in [0.15, 0.2) is 52.5 Å². The number of amides is 2. The average molecular weight is 387 g/mol. The predicted molar refractivity (Wildman–Crippen MR) is 90.3 cm³/mol. The molecule has 6 nitrogen and oxygen atoms in total. The highest BCUT2D eigenvalue weighted by atomic mass is 79.9. The second-order valence-corrected chi connectivity index (χ2v) is 6.14. The molecule has 2 aromatic rings. The van der Waals surface area contributed by atoms with Gasteiger partial charge in [0.05, 0.1) is 5.69 Å². The lowest BCUT2D eigenvalue weighted by Gasteiger charge is -2.14. The quantitative estimate of drug-likeness (QED) is 0.636. The van der Waals surface area contributed by atoms with Crippen LogP contribution in [-0.4, -0.2) is 18.6 Å². The summed E-state index contributed by atoms with van der Waals surface area (Å²) in [5.41, 5.74) is 3.91. The zero-order valence-electron chi connectivity index (χ0n) is 12.3. The number of nitrogens with one attached hydrogen (secondary N) is 1. The van der Waals surface area contributed by atoms with Crippen molar-refractivity contribution in [2.24, 2.45) is 0 Å². The summed E-state index contributed by atoms with van der Waals surface area (Å²) in [5.74, 6) is 0.399. The van der Waals surface area contributed by atoms with Crippen molar-refractivity contribution in [2.45, 2.75) is 0 Å². The molecule has 0 bridgehead atoms. The Kier molecular flexibility index (Phi) is 3.50. The summed E-state index contributed by atoms with van der Waals surface area (Å²) in [6, 6.07) is 12.3. The zero-order valence-corrected chi connectivity index (χ0v) is 13.9. The Hall–Kier alpha value is -2.80. The van der Waals surface area contributed by atoms with Crippen molar-refractivity contribution in [3.8, 4) is 11.5 Å². The minimum atomic E-state index is -0.444. The van der Waals surface area contributed by atoms with Crippen LogP contribution in [0.2, 0.25) is 0 Å². The topological polar surface area (TPSA) is 67.9 Å². The van der Waals surface area contributed by atoms with E-state index < -0.39 is 11.8 Å². The van der Waals surface area contributed by atoms with Crippen LogP contribution in [-0.2, 0) is 9.59 Å². The number of hydrazine groups is 1. The molecule has 2 amide bonds. The average Bonchev–Trinajstić information content (AvgIpc) is 3.15. The van der Waals surface area contributed by atoms with Gasteiger partial charge in [-0.3, -0.25) is 15.0 Å². The number of fused-ring (bicyclic) bond motifs is 1. The van der Waals surface area contributed by atoms with Crippen LogP contribution in [0, 0.1) is 0 Å². The predicted octanol–water partition coefficient (Wildman–Crippen LogP) is 2.64. The number of anilines is 1. The lowest BCUT2D eigenvalue weighted by Crippen LogP contribution is -2.35. The van der Waals surface area contributed by atoms with Gasteiger partial charge in [-0.05, 0) is 48.0 Å². The van der Waals surface area contributed by atoms with Crippen LogP contribution < -0.4 is 19.9 Å². The molecule has 7 heteroatoms. The number of hydrogen-bond donors (Lipinski definition) is 1. The molecular formula is C17H11BrN2O4. The van der Waals surface area contributed by atoms with Crippen molar-refractivity contribution in [3.63, 3.8) is 0 Å². The summed E-state index contributed by atoms with van der Waals surface area (Å²) in [4.78, 5) is 24.7. The van der Waals surface area contributed by atoms with Gasteiger partial charge in [-0.15, -0.1) is 0 Å². The first-order valence-electron chi connectivity index (χ1n) is 7.14. The maximum atomic E-state index is 12.5. The van der Waals surface area contributed by atoms with E-state index in [9.17, 15) is 9.59 Å². The molecule has 1 fully saturated rings. The van der Waals surface area contributed by atoms with Crippen molar-refractivity contribution in [1.82, 2.24) is 5.43 Å². The minimum absolute atomic E-state index is 0.0665. The summed E-state index contributed by atoms with van der Waals surface area (Å²) < 4.78 is 11.4. The highest BCUT2D eigenvalue weighted by molar-refractivity contribution is 9.10. The molecule has 120 valence electrons. The molecule has 24 heavy (non-hydrogen) atoms. The van der Waals surface area contributed by atoms with Gasteiger partial charge < -0.3 is 9.47 Å². The third-order valence-corrected chi connectivity index (χ3v) is 4.21. The first kappa shape index (κ1) is 14.8. The number of ether oxygens (including phenoxy) is 2. The molecule has 0 aliphatic carbocycles. The lowest BCUT2D eigenvalue weighted by molar-refractivity contribution is -0.117. The van der Waals surface area contributed by atoms with E-state index in [-0.39, 0.29) is 12.4 Å². The summed E-state index contributed by atoms with van der Waals surface area (Å²) in [6.45, 7) is 0.173. The summed E-state index contributed by atoms with van der Waals surface area (Å²) in [5, 5.41) is 1.23. The smallest absolute Gasteiger partial charge is 0.282 e. The number of carbonyl (C=O) groups is 2. The summed E-state index contributed by atoms with van der Waals surface area (Å²) >= 11 is 3.34. The Morgan fingerprint density at radius 1 is 1.04 bits per heavy atom. The molecule has 1 N–H and O–H groups in total. The van der Waals surface area contributed by atoms with E-state index in [1.54, 1.807) is 48.5 Å². The molecule has 0 atom stereocenters. The Labute approximate surface area is 145 Å². The maximum absolute atomic E-state index is 12.5. The molecule has 0 radical (unpaired) electrons. The maximum Gasteiger partial charge on any atom is 0.282 e. The third kappa shape index (κ3) is 2.52. The molecule has 0 spiro atoms. The first-order chi connectivity index (χ1) is 11.6. The van der Waals surface area contributed by atoms with Gasteiger partial charge >= 0.3 is 0 Å². The highest BCUT2D eigenvalue weighted by Crippen LogP contribution is 2.33. The number of nitrogens with zero attached hydrogens (tertiary/aromatic N) is 1. The number of halogens is 1. The molecule has 2 heterocycles. The zero-order chi connectivity index (χ0) is 16.7. The molecule has 0 unspecified atom stereocenters. The van der Waals surface area contributed by atoms with Gasteiger partial charge in [0.25, 0.3) is 11.8 Å². The second-order valence-electron chi connectivity index (χ2n) is 5.23. The van der Waals surface area contributed by atoms with Gasteiger partial charge in [-0.1, -0.05) is 22.0 Å². The molecule has 2 aliphatic rings. The fourth-order valence-corrected chi connectivity index (χ4v) is 2.76. The third-order valence-electron chi connectivity index (χ3n) is 3.68. The molecule has 4 rings (SSSR count). The molecular weight excluding hydrogens is 376 g/mol. The normalized spacial score (nSPS) is 17.5. The van der Waals surface area contributed by atoms with Crippen LogP contribution in [0.4, 0.5) is 5.69 Å². The molecule has 2 aromatic carbocycles. The van der Waals surface area contributed by atoms with Crippen molar-refractivity contribution < 1.29 is 19.1 Å². The minimum Gasteiger partial charge on any atom is -0.454 e. The fraction of sp³-hybridized carbons (Fsp3) is 0.0588. The SMILES string of the molecule is O=C1NN(c2ccc(Br)cc2)C(=O)/C1=C\c1ccc2c(c1)OCO2. The van der Waals surface area contributed by atoms with Crippen LogP contribution in [0.1, 0.15) is 5.56 Å². The van der Waals surface area contributed by atoms with Crippen molar-refractivity contribution in [3.05, 3.63) is 58.1 Å². The number of hydrogen-bond acceptors (Lipinski definition) is 4. The van der Waals surface area contributed by atoms with Crippen LogP contribution in [0.25, 0.3) is 6.08 Å². The van der Waals surface area contributed by atoms with E-state index in [1.807, 2.05) is 0 Å². The van der Waals surface area contributed by atoms with E-state index in [4.69, 9.17) is 9.47 Å². The van der Waals surface area contributed by atoms with Crippen LogP contribution in [0.5, 0.6) is 11.5 Å². The van der Waals surface area contributed by atoms with E-state index in [1.165, 1.54) is 5.01 Å². The fourth-order valence-electron chi connectivity index (χ4n) is 2.50. The van der Waals surface area contributed by atoms with Crippen LogP contribution in [0.3, 0.4) is 0 Å². The monoisotopic (exact) mass is 386 g/mol. The van der Waals surface area contributed by atoms with Crippen LogP contribution >= 0.6 is 15.9 Å². The molecule has 0 aromatic heterocycles. The van der Waals surface area contributed by atoms with Crippen molar-refractivity contribution in [1.29, 1.82) is 0 Å². The molecule has 0 saturated carbocycles. The number of carbonyl (C=O) groups excluding carboxylic acids is 2. The van der Waals surface area contributed by atoms with Gasteiger partial charge in [0.15, 0.2) is 11.5 Å². The summed E-state index contributed by atoms with van der Waals surface area (Å²) in [6.07, 6.45) is 1.54. The Morgan fingerprint density at radius 2 is 1.79 bits per heavy atom. The van der Waals surface area contributed by atoms with Gasteiger partial charge in [0, 0.05) is 4.47 Å². The van der Waals surface area contributed by atoms with Crippen molar-refractivity contribution in [2.75, 3.05) is 11.8 Å². The Balaban J connectivity index is 1.65. The van der Waals surface area contributed by atoms with Gasteiger partial charge in [0.2, 0.25) is 6.79 Å². The summed E-state index contributed by atoms with van der Waals surface area (Å²) in [7, 11) is 0. The van der Waals surface area contributed by atoms with E-state index in [2.05, 4.69) is 21.4 Å². The Bertz CT molecular complexity index is 877.